The van der Waals surface area contributed by atoms with E-state index >= 15 is 0 Å². The number of hydrogen-bond donors (Lipinski definition) is 0. The molecule has 0 atom stereocenters. The molecule has 0 bridgehead atoms. The predicted octanol–water partition coefficient (Wildman–Crippen LogP) is 4.80. The Balaban J connectivity index is 1.57. The fraction of sp³-hybridized carbons (Fsp3) is 0.179. The second-order valence-corrected chi connectivity index (χ2v) is 7.39. The van der Waals surface area contributed by atoms with Gasteiger partial charge in [0.1, 0.15) is 24.7 Å². The van der Waals surface area contributed by atoms with Crippen LogP contribution in [0.5, 0.6) is 23.0 Å². The summed E-state index contributed by atoms with van der Waals surface area (Å²) in [6, 6.07) is 17.9. The first-order chi connectivity index (χ1) is 17.4. The van der Waals surface area contributed by atoms with Crippen LogP contribution in [0.25, 0.3) is 0 Å². The molecule has 0 amide bonds. The molecule has 0 unspecified atom stereocenters. The molecular weight excluding hydrogens is 464 g/mol. The number of methoxy groups -OCH3 is 1. The van der Waals surface area contributed by atoms with Crippen molar-refractivity contribution in [3.05, 3.63) is 96.1 Å². The number of aryl methyl sites for hydroxylation is 1. The third-order valence-electron chi connectivity index (χ3n) is 4.99. The lowest BCUT2D eigenvalue weighted by atomic mass is 10.2. The number of carbonyl (C=O) groups is 3. The third-order valence-corrected chi connectivity index (χ3v) is 4.99. The van der Waals surface area contributed by atoms with Crippen molar-refractivity contribution in [3.8, 4) is 23.0 Å². The Kier molecular flexibility index (Phi) is 9.22. The lowest BCUT2D eigenvalue weighted by Gasteiger charge is -2.12. The van der Waals surface area contributed by atoms with Crippen molar-refractivity contribution in [3.63, 3.8) is 0 Å². The first-order valence-electron chi connectivity index (χ1n) is 11.2. The third kappa shape index (κ3) is 7.20. The SMILES string of the molecule is C=CC(=O)OCCOc1ccc(C(=O)Oc2ccc(C(=O)Oc3ccc(CC)cc3)cc2)cc1OC. The van der Waals surface area contributed by atoms with Gasteiger partial charge in [-0.1, -0.05) is 25.6 Å². The van der Waals surface area contributed by atoms with Crippen molar-refractivity contribution in [2.24, 2.45) is 0 Å². The van der Waals surface area contributed by atoms with E-state index < -0.39 is 17.9 Å². The largest absolute Gasteiger partial charge is 0.493 e. The van der Waals surface area contributed by atoms with Crippen LogP contribution in [0.4, 0.5) is 0 Å². The van der Waals surface area contributed by atoms with Crippen LogP contribution in [-0.2, 0) is 16.0 Å². The standard InChI is InChI=1S/C28H26O8/c1-4-19-6-11-22(12-7-19)35-27(30)20-8-13-23(14-9-20)36-28(31)21-10-15-24(25(18-21)32-3)33-16-17-34-26(29)5-2/h5-15,18H,2,4,16-17H2,1,3H3. The minimum Gasteiger partial charge on any atom is -0.493 e. The van der Waals surface area contributed by atoms with E-state index in [1.807, 2.05) is 19.1 Å². The van der Waals surface area contributed by atoms with E-state index in [2.05, 4.69) is 6.58 Å². The van der Waals surface area contributed by atoms with Gasteiger partial charge in [0.15, 0.2) is 11.5 Å². The van der Waals surface area contributed by atoms with E-state index in [-0.39, 0.29) is 24.5 Å². The molecule has 0 spiro atoms. The van der Waals surface area contributed by atoms with E-state index in [1.54, 1.807) is 18.2 Å². The van der Waals surface area contributed by atoms with E-state index in [0.717, 1.165) is 18.1 Å². The molecule has 3 aromatic rings. The summed E-state index contributed by atoms with van der Waals surface area (Å²) < 4.78 is 26.4. The Bertz CT molecular complexity index is 1210. The second kappa shape index (κ2) is 12.8. The summed E-state index contributed by atoms with van der Waals surface area (Å²) in [5, 5.41) is 0. The van der Waals surface area contributed by atoms with Crippen LogP contribution >= 0.6 is 0 Å². The molecule has 8 heteroatoms. The first-order valence-corrected chi connectivity index (χ1v) is 11.2. The summed E-state index contributed by atoms with van der Waals surface area (Å²) in [6.07, 6.45) is 1.96. The molecular formula is C28H26O8. The predicted molar refractivity (Wildman–Crippen MR) is 132 cm³/mol. The average Bonchev–Trinajstić information content (AvgIpc) is 2.91. The summed E-state index contributed by atoms with van der Waals surface area (Å²) in [6.45, 7) is 5.49. The lowest BCUT2D eigenvalue weighted by Crippen LogP contribution is -2.12. The molecule has 0 fully saturated rings. The number of rotatable bonds is 11. The van der Waals surface area contributed by atoms with Gasteiger partial charge < -0.3 is 23.7 Å². The van der Waals surface area contributed by atoms with Crippen molar-refractivity contribution >= 4 is 17.9 Å². The van der Waals surface area contributed by atoms with Crippen LogP contribution in [0.15, 0.2) is 79.4 Å². The number of benzene rings is 3. The van der Waals surface area contributed by atoms with Gasteiger partial charge in [0.05, 0.1) is 18.2 Å². The molecule has 0 saturated heterocycles. The molecule has 186 valence electrons. The van der Waals surface area contributed by atoms with Crippen molar-refractivity contribution in [1.29, 1.82) is 0 Å². The highest BCUT2D eigenvalue weighted by molar-refractivity contribution is 5.93. The van der Waals surface area contributed by atoms with Crippen LogP contribution < -0.4 is 18.9 Å². The topological polar surface area (TPSA) is 97.4 Å². The minimum absolute atomic E-state index is 0.0342. The number of carbonyl (C=O) groups excluding carboxylic acids is 3. The van der Waals surface area contributed by atoms with Gasteiger partial charge in [-0.3, -0.25) is 0 Å². The van der Waals surface area contributed by atoms with E-state index in [1.165, 1.54) is 43.5 Å². The van der Waals surface area contributed by atoms with E-state index in [9.17, 15) is 14.4 Å². The van der Waals surface area contributed by atoms with Crippen molar-refractivity contribution in [1.82, 2.24) is 0 Å². The van der Waals surface area contributed by atoms with Gasteiger partial charge in [0, 0.05) is 6.08 Å². The van der Waals surface area contributed by atoms with Crippen molar-refractivity contribution < 1.29 is 38.1 Å². The Hall–Kier alpha value is -4.59. The molecule has 0 aliphatic heterocycles. The highest BCUT2D eigenvalue weighted by Gasteiger charge is 2.15. The molecule has 0 saturated carbocycles. The maximum absolute atomic E-state index is 12.6. The quantitative estimate of drug-likeness (QED) is 0.164. The molecule has 0 aliphatic rings. The van der Waals surface area contributed by atoms with Gasteiger partial charge in [-0.15, -0.1) is 0 Å². The molecule has 0 aliphatic carbocycles. The Morgan fingerprint density at radius 2 is 1.36 bits per heavy atom. The highest BCUT2D eigenvalue weighted by atomic mass is 16.6. The van der Waals surface area contributed by atoms with E-state index in [4.69, 9.17) is 23.7 Å². The van der Waals surface area contributed by atoms with Crippen molar-refractivity contribution in [2.75, 3.05) is 20.3 Å². The fourth-order valence-corrected chi connectivity index (χ4v) is 3.05. The molecule has 0 radical (unpaired) electrons. The molecule has 3 aromatic carbocycles. The molecule has 36 heavy (non-hydrogen) atoms. The normalized spacial score (nSPS) is 10.2. The van der Waals surface area contributed by atoms with Gasteiger partial charge in [0.25, 0.3) is 0 Å². The molecule has 8 nitrogen and oxygen atoms in total. The molecule has 0 aromatic heterocycles. The number of hydrogen-bond acceptors (Lipinski definition) is 8. The average molecular weight is 491 g/mol. The lowest BCUT2D eigenvalue weighted by molar-refractivity contribution is -0.138. The van der Waals surface area contributed by atoms with E-state index in [0.29, 0.717) is 22.8 Å². The van der Waals surface area contributed by atoms with Gasteiger partial charge in [-0.2, -0.15) is 0 Å². The van der Waals surface area contributed by atoms with Gasteiger partial charge >= 0.3 is 17.9 Å². The number of esters is 3. The smallest absolute Gasteiger partial charge is 0.343 e. The fourth-order valence-electron chi connectivity index (χ4n) is 3.05. The maximum Gasteiger partial charge on any atom is 0.343 e. The van der Waals surface area contributed by atoms with Crippen LogP contribution in [0.3, 0.4) is 0 Å². The summed E-state index contributed by atoms with van der Waals surface area (Å²) in [5.41, 5.74) is 1.69. The maximum atomic E-state index is 12.6. The summed E-state index contributed by atoms with van der Waals surface area (Å²) in [4.78, 5) is 36.0. The Labute approximate surface area is 209 Å². The van der Waals surface area contributed by atoms with Gasteiger partial charge in [-0.25, -0.2) is 14.4 Å². The zero-order valence-corrected chi connectivity index (χ0v) is 20.0. The molecule has 0 N–H and O–H groups in total. The molecule has 0 heterocycles. The summed E-state index contributed by atoms with van der Waals surface area (Å²) >= 11 is 0. The molecule has 3 rings (SSSR count). The number of ether oxygens (including phenoxy) is 5. The van der Waals surface area contributed by atoms with Crippen LogP contribution in [-0.4, -0.2) is 38.2 Å². The Morgan fingerprint density at radius 1 is 0.778 bits per heavy atom. The zero-order valence-electron chi connectivity index (χ0n) is 20.0. The summed E-state index contributed by atoms with van der Waals surface area (Å²) in [5.74, 6) is -0.294. The van der Waals surface area contributed by atoms with Crippen LogP contribution in [0, 0.1) is 0 Å². The summed E-state index contributed by atoms with van der Waals surface area (Å²) in [7, 11) is 1.44. The van der Waals surface area contributed by atoms with Crippen LogP contribution in [0.2, 0.25) is 0 Å². The van der Waals surface area contributed by atoms with Gasteiger partial charge in [-0.05, 0) is 66.6 Å². The van der Waals surface area contributed by atoms with Gasteiger partial charge in [0.2, 0.25) is 0 Å². The minimum atomic E-state index is -0.619. The van der Waals surface area contributed by atoms with Crippen molar-refractivity contribution in [2.45, 2.75) is 13.3 Å². The second-order valence-electron chi connectivity index (χ2n) is 7.39. The highest BCUT2D eigenvalue weighted by Crippen LogP contribution is 2.28. The monoisotopic (exact) mass is 490 g/mol. The van der Waals surface area contributed by atoms with Crippen LogP contribution in [0.1, 0.15) is 33.2 Å². The zero-order chi connectivity index (χ0) is 25.9. The first kappa shape index (κ1) is 26.0. The Morgan fingerprint density at radius 3 is 1.94 bits per heavy atom.